The Morgan fingerprint density at radius 1 is 1.04 bits per heavy atom. The second-order valence-corrected chi connectivity index (χ2v) is 14.2. The third-order valence-electron chi connectivity index (χ3n) is 10.1. The molecule has 9 nitrogen and oxygen atoms in total. The van der Waals surface area contributed by atoms with Crippen LogP contribution in [0, 0.1) is 27.7 Å². The molecular formula is C39H39Cl2N5O4. The number of carboxylic acids is 1. The molecule has 50 heavy (non-hydrogen) atoms. The SMILES string of the molecule is Cc1cc(OCCCc2c3n(c4c(-c5c(C)nn(C)c5C)c(Cl)ccc24)C(C)CN(c2cn(C)c4cccc(C(=O)O)c24)C3=O)cc(C)c1Cl. The lowest BCUT2D eigenvalue weighted by Crippen LogP contribution is -2.42. The number of amides is 1. The first-order valence-corrected chi connectivity index (χ1v) is 17.4. The van der Waals surface area contributed by atoms with Crippen LogP contribution in [0.3, 0.4) is 0 Å². The Morgan fingerprint density at radius 2 is 1.76 bits per heavy atom. The van der Waals surface area contributed by atoms with Crippen LogP contribution in [0.25, 0.3) is 32.9 Å². The summed E-state index contributed by atoms with van der Waals surface area (Å²) in [6, 6.07) is 12.8. The molecule has 1 atom stereocenters. The lowest BCUT2D eigenvalue weighted by molar-refractivity contribution is 0.0698. The summed E-state index contributed by atoms with van der Waals surface area (Å²) >= 11 is 13.5. The van der Waals surface area contributed by atoms with Crippen LogP contribution in [0.2, 0.25) is 10.0 Å². The molecule has 11 heteroatoms. The fourth-order valence-electron chi connectivity index (χ4n) is 7.74. The Hall–Kier alpha value is -4.73. The second-order valence-electron chi connectivity index (χ2n) is 13.4. The van der Waals surface area contributed by atoms with E-state index in [1.807, 2.05) is 87.6 Å². The Kier molecular flexibility index (Phi) is 8.47. The number of rotatable bonds is 8. The second kappa shape index (κ2) is 12.5. The van der Waals surface area contributed by atoms with Crippen molar-refractivity contribution in [1.29, 1.82) is 0 Å². The quantitative estimate of drug-likeness (QED) is 0.159. The van der Waals surface area contributed by atoms with Gasteiger partial charge in [0.15, 0.2) is 0 Å². The van der Waals surface area contributed by atoms with Gasteiger partial charge >= 0.3 is 5.97 Å². The van der Waals surface area contributed by atoms with Gasteiger partial charge in [-0.15, -0.1) is 0 Å². The number of hydrogen-bond acceptors (Lipinski definition) is 4. The summed E-state index contributed by atoms with van der Waals surface area (Å²) in [5.41, 5.74) is 9.41. The Balaban J connectivity index is 1.39. The molecule has 258 valence electrons. The van der Waals surface area contributed by atoms with E-state index in [1.165, 1.54) is 0 Å². The molecule has 1 N–H and O–H groups in total. The standard InChI is InChI=1S/C39H39Cl2N5O4/c1-20-16-25(17-21(2)35(20)41)50-15-9-11-26-27-13-14-29(40)34(32-23(4)42-44(7)24(32)5)36(27)46-22(3)18-45(38(47)37(26)46)31-19-43(6)30-12-8-10-28(33(30)31)39(48)49/h8,10,12-14,16-17,19,22H,9,11,15,18H2,1-7H3,(H,48,49). The number of ether oxygens (including phenoxy) is 1. The zero-order chi connectivity index (χ0) is 35.8. The highest BCUT2D eigenvalue weighted by Crippen LogP contribution is 2.46. The van der Waals surface area contributed by atoms with Crippen molar-refractivity contribution in [2.75, 3.05) is 18.1 Å². The van der Waals surface area contributed by atoms with E-state index in [0.717, 1.165) is 66.4 Å². The van der Waals surface area contributed by atoms with Crippen LogP contribution in [-0.4, -0.2) is 49.0 Å². The minimum atomic E-state index is -1.04. The van der Waals surface area contributed by atoms with Gasteiger partial charge in [0.05, 0.1) is 39.6 Å². The fourth-order valence-corrected chi connectivity index (χ4v) is 8.10. The minimum Gasteiger partial charge on any atom is -0.494 e. The van der Waals surface area contributed by atoms with E-state index in [0.29, 0.717) is 47.8 Å². The molecule has 0 fully saturated rings. The summed E-state index contributed by atoms with van der Waals surface area (Å²) in [5.74, 6) is -0.470. The number of carbonyl (C=O) groups excluding carboxylic acids is 1. The van der Waals surface area contributed by atoms with Gasteiger partial charge in [0.25, 0.3) is 5.91 Å². The van der Waals surface area contributed by atoms with Gasteiger partial charge in [0.1, 0.15) is 11.4 Å². The predicted octanol–water partition coefficient (Wildman–Crippen LogP) is 9.01. The van der Waals surface area contributed by atoms with Gasteiger partial charge in [-0.1, -0.05) is 35.3 Å². The van der Waals surface area contributed by atoms with Crippen molar-refractivity contribution in [2.24, 2.45) is 14.1 Å². The van der Waals surface area contributed by atoms with Crippen LogP contribution in [0.4, 0.5) is 5.69 Å². The van der Waals surface area contributed by atoms with Gasteiger partial charge in [-0.3, -0.25) is 9.48 Å². The van der Waals surface area contributed by atoms with Crippen LogP contribution in [-0.2, 0) is 20.5 Å². The lowest BCUT2D eigenvalue weighted by atomic mass is 9.98. The molecule has 0 bridgehead atoms. The number of carboxylic acid groups (broad SMARTS) is 1. The third kappa shape index (κ3) is 5.26. The molecule has 0 spiro atoms. The summed E-state index contributed by atoms with van der Waals surface area (Å²) in [6.45, 7) is 10.8. The Bertz CT molecular complexity index is 2360. The molecule has 1 amide bonds. The maximum atomic E-state index is 15.0. The number of aromatic nitrogens is 4. The van der Waals surface area contributed by atoms with Crippen molar-refractivity contribution in [3.8, 4) is 16.9 Å². The zero-order valence-electron chi connectivity index (χ0n) is 29.2. The molecule has 0 saturated carbocycles. The van der Waals surface area contributed by atoms with Crippen LogP contribution in [0.1, 0.15) is 68.3 Å². The topological polar surface area (TPSA) is 94.5 Å². The first kappa shape index (κ1) is 33.8. The molecule has 6 aromatic rings. The maximum Gasteiger partial charge on any atom is 0.336 e. The number of aryl methyl sites for hydroxylation is 6. The van der Waals surface area contributed by atoms with Crippen molar-refractivity contribution in [3.05, 3.63) is 98.0 Å². The first-order chi connectivity index (χ1) is 23.8. The maximum absolute atomic E-state index is 15.0. The van der Waals surface area contributed by atoms with Crippen molar-refractivity contribution in [2.45, 2.75) is 53.5 Å². The van der Waals surface area contributed by atoms with E-state index in [4.69, 9.17) is 33.0 Å². The molecule has 0 radical (unpaired) electrons. The van der Waals surface area contributed by atoms with E-state index in [-0.39, 0.29) is 17.5 Å². The van der Waals surface area contributed by atoms with Crippen molar-refractivity contribution in [3.63, 3.8) is 0 Å². The van der Waals surface area contributed by atoms with Gasteiger partial charge < -0.3 is 23.9 Å². The fraction of sp³-hybridized carbons (Fsp3) is 0.308. The monoisotopic (exact) mass is 711 g/mol. The molecule has 7 rings (SSSR count). The minimum absolute atomic E-state index is 0.159. The van der Waals surface area contributed by atoms with E-state index in [1.54, 1.807) is 17.0 Å². The smallest absolute Gasteiger partial charge is 0.336 e. The molecule has 3 aromatic carbocycles. The average molecular weight is 713 g/mol. The van der Waals surface area contributed by atoms with Crippen LogP contribution in [0.5, 0.6) is 5.75 Å². The highest BCUT2D eigenvalue weighted by atomic mass is 35.5. The van der Waals surface area contributed by atoms with Crippen molar-refractivity contribution >= 4 is 62.6 Å². The van der Waals surface area contributed by atoms with E-state index in [9.17, 15) is 14.7 Å². The van der Waals surface area contributed by atoms with Crippen molar-refractivity contribution < 1.29 is 19.4 Å². The Labute approximate surface area is 300 Å². The number of hydrogen-bond donors (Lipinski definition) is 1. The zero-order valence-corrected chi connectivity index (χ0v) is 30.7. The summed E-state index contributed by atoms with van der Waals surface area (Å²) in [4.78, 5) is 29.1. The van der Waals surface area contributed by atoms with Gasteiger partial charge in [-0.25, -0.2) is 4.79 Å². The predicted molar refractivity (Wildman–Crippen MR) is 200 cm³/mol. The highest BCUT2D eigenvalue weighted by Gasteiger charge is 2.38. The third-order valence-corrected chi connectivity index (χ3v) is 11.0. The Morgan fingerprint density at radius 3 is 2.42 bits per heavy atom. The molecule has 0 saturated heterocycles. The molecule has 4 heterocycles. The van der Waals surface area contributed by atoms with Crippen LogP contribution in [0.15, 0.2) is 48.7 Å². The van der Waals surface area contributed by atoms with Crippen LogP contribution >= 0.6 is 23.2 Å². The number of fused-ring (bicyclic) bond motifs is 4. The molecule has 1 aliphatic heterocycles. The average Bonchev–Trinajstić information content (AvgIpc) is 3.68. The number of halogens is 2. The molecule has 3 aromatic heterocycles. The largest absolute Gasteiger partial charge is 0.494 e. The summed E-state index contributed by atoms with van der Waals surface area (Å²) in [7, 11) is 3.79. The normalized spacial score (nSPS) is 14.6. The number of anilines is 1. The summed E-state index contributed by atoms with van der Waals surface area (Å²) in [6.07, 6.45) is 3.07. The first-order valence-electron chi connectivity index (χ1n) is 16.7. The van der Waals surface area contributed by atoms with Gasteiger partial charge in [-0.2, -0.15) is 5.10 Å². The number of nitrogens with zero attached hydrogens (tertiary/aromatic N) is 5. The van der Waals surface area contributed by atoms with Gasteiger partial charge in [-0.05, 0) is 94.5 Å². The molecule has 1 aliphatic rings. The molecule has 0 aliphatic carbocycles. The van der Waals surface area contributed by atoms with Gasteiger partial charge in [0.2, 0.25) is 0 Å². The highest BCUT2D eigenvalue weighted by molar-refractivity contribution is 6.35. The number of benzene rings is 3. The molecule has 1 unspecified atom stereocenters. The van der Waals surface area contributed by atoms with Crippen molar-refractivity contribution in [1.82, 2.24) is 18.9 Å². The number of carbonyl (C=O) groups is 2. The summed E-state index contributed by atoms with van der Waals surface area (Å²) in [5, 5.41) is 17.6. The summed E-state index contributed by atoms with van der Waals surface area (Å²) < 4.78 is 12.1. The lowest BCUT2D eigenvalue weighted by Gasteiger charge is -2.34. The van der Waals surface area contributed by atoms with Crippen LogP contribution < -0.4 is 9.64 Å². The van der Waals surface area contributed by atoms with Gasteiger partial charge in [0, 0.05) is 65.5 Å². The van der Waals surface area contributed by atoms with E-state index >= 15 is 0 Å². The van der Waals surface area contributed by atoms with E-state index < -0.39 is 5.97 Å². The number of aromatic carboxylic acids is 1. The van der Waals surface area contributed by atoms with E-state index in [2.05, 4.69) is 11.5 Å². The molecular weight excluding hydrogens is 673 g/mol.